The van der Waals surface area contributed by atoms with Crippen LogP contribution in [0.25, 0.3) is 0 Å². The Labute approximate surface area is 223 Å². The van der Waals surface area contributed by atoms with Crippen LogP contribution in [0.2, 0.25) is 0 Å². The van der Waals surface area contributed by atoms with Crippen LogP contribution in [0.5, 0.6) is 0 Å². The Kier molecular flexibility index (Phi) is 13.8. The molecule has 0 aliphatic carbocycles. The number of unbranched alkanes of at least 4 members (excludes halogenated alkanes) is 3. The second-order valence-electron chi connectivity index (χ2n) is 8.75. The van der Waals surface area contributed by atoms with Gasteiger partial charge in [-0.15, -0.1) is 0 Å². The van der Waals surface area contributed by atoms with Gasteiger partial charge in [-0.1, -0.05) is 73.5 Å². The lowest BCUT2D eigenvalue weighted by Gasteiger charge is -2.17. The Morgan fingerprint density at radius 2 is 0.974 bits per heavy atom. The molecule has 2 atom stereocenters. The molecule has 0 saturated heterocycles. The molecule has 2 aromatic carbocycles. The summed E-state index contributed by atoms with van der Waals surface area (Å²) in [7, 11) is 2.58. The number of carbonyl (C=O) groups is 4. The molecule has 0 aliphatic rings. The lowest BCUT2D eigenvalue weighted by atomic mass is 10.1. The highest BCUT2D eigenvalue weighted by molar-refractivity contribution is 5.84. The predicted octanol–water partition coefficient (Wildman–Crippen LogP) is 2.71. The number of hydrogen-bond acceptors (Lipinski definition) is 6. The van der Waals surface area contributed by atoms with Crippen molar-refractivity contribution in [1.29, 1.82) is 0 Å². The minimum atomic E-state index is -0.772. The van der Waals surface area contributed by atoms with Crippen molar-refractivity contribution in [3.8, 4) is 0 Å². The second kappa shape index (κ2) is 17.4. The zero-order chi connectivity index (χ0) is 27.6. The molecule has 0 saturated carbocycles. The van der Waals surface area contributed by atoms with Crippen molar-refractivity contribution in [3.63, 3.8) is 0 Å². The van der Waals surface area contributed by atoms with Gasteiger partial charge in [0.1, 0.15) is 12.1 Å². The summed E-state index contributed by atoms with van der Waals surface area (Å²) in [5.74, 6) is -1.00. The fourth-order valence-electron chi connectivity index (χ4n) is 3.80. The van der Waals surface area contributed by atoms with E-state index in [9.17, 15) is 19.2 Å². The van der Waals surface area contributed by atoms with E-state index in [1.165, 1.54) is 14.2 Å². The van der Waals surface area contributed by atoms with Crippen molar-refractivity contribution in [2.75, 3.05) is 27.3 Å². The van der Waals surface area contributed by atoms with Crippen LogP contribution in [-0.2, 0) is 31.9 Å². The molecular formula is C28H38N4O6. The minimum Gasteiger partial charge on any atom is -0.467 e. The number of nitrogens with one attached hydrogen (secondary N) is 4. The second-order valence-corrected chi connectivity index (χ2v) is 8.75. The van der Waals surface area contributed by atoms with Crippen molar-refractivity contribution in [2.45, 2.75) is 50.6 Å². The van der Waals surface area contributed by atoms with E-state index in [1.807, 2.05) is 60.7 Å². The number of amides is 4. The Morgan fingerprint density at radius 3 is 1.32 bits per heavy atom. The molecule has 38 heavy (non-hydrogen) atoms. The average molecular weight is 527 g/mol. The van der Waals surface area contributed by atoms with Crippen molar-refractivity contribution in [2.24, 2.45) is 0 Å². The molecule has 10 nitrogen and oxygen atoms in total. The molecule has 0 spiro atoms. The first-order chi connectivity index (χ1) is 18.4. The Hall–Kier alpha value is -4.08. The zero-order valence-electron chi connectivity index (χ0n) is 22.0. The molecule has 0 unspecified atom stereocenters. The third-order valence-corrected chi connectivity index (χ3v) is 5.82. The van der Waals surface area contributed by atoms with Crippen molar-refractivity contribution in [3.05, 3.63) is 71.8 Å². The number of rotatable bonds is 15. The summed E-state index contributed by atoms with van der Waals surface area (Å²) in [5.41, 5.74) is 1.84. The highest BCUT2D eigenvalue weighted by Gasteiger charge is 2.22. The largest absolute Gasteiger partial charge is 0.467 e. The molecule has 0 bridgehead atoms. The third kappa shape index (κ3) is 11.8. The number of hydrogen-bond donors (Lipinski definition) is 4. The first kappa shape index (κ1) is 30.1. The van der Waals surface area contributed by atoms with Gasteiger partial charge in [0.15, 0.2) is 0 Å². The Bertz CT molecular complexity index is 921. The SMILES string of the molecule is COC(=O)[C@H](Cc1ccccc1)NC(=O)NCCCCCCNC(=O)N[C@@H](Cc1ccccc1)C(=O)OC. The highest BCUT2D eigenvalue weighted by Crippen LogP contribution is 2.06. The van der Waals surface area contributed by atoms with E-state index < -0.39 is 36.1 Å². The molecular weight excluding hydrogens is 488 g/mol. The van der Waals surface area contributed by atoms with Crippen LogP contribution in [0.4, 0.5) is 9.59 Å². The summed E-state index contributed by atoms with van der Waals surface area (Å²) in [4.78, 5) is 48.5. The number of urea groups is 2. The topological polar surface area (TPSA) is 135 Å². The molecule has 0 aliphatic heterocycles. The summed E-state index contributed by atoms with van der Waals surface area (Å²) in [6.45, 7) is 0.915. The molecule has 206 valence electrons. The first-order valence-corrected chi connectivity index (χ1v) is 12.7. The molecule has 2 aromatic rings. The molecule has 10 heteroatoms. The van der Waals surface area contributed by atoms with Crippen LogP contribution in [0, 0.1) is 0 Å². The summed E-state index contributed by atoms with van der Waals surface area (Å²) in [6, 6.07) is 16.4. The monoisotopic (exact) mass is 526 g/mol. The number of ether oxygens (including phenoxy) is 2. The van der Waals surface area contributed by atoms with Gasteiger partial charge < -0.3 is 30.7 Å². The Balaban J connectivity index is 1.59. The van der Waals surface area contributed by atoms with Gasteiger partial charge in [-0.05, 0) is 24.0 Å². The van der Waals surface area contributed by atoms with Crippen molar-refractivity contribution >= 4 is 24.0 Å². The van der Waals surface area contributed by atoms with Crippen LogP contribution in [0.3, 0.4) is 0 Å². The summed E-state index contributed by atoms with van der Waals surface area (Å²) in [6.07, 6.45) is 3.90. The quantitative estimate of drug-likeness (QED) is 0.208. The summed E-state index contributed by atoms with van der Waals surface area (Å²) in [5, 5.41) is 10.9. The van der Waals surface area contributed by atoms with E-state index >= 15 is 0 Å². The van der Waals surface area contributed by atoms with Gasteiger partial charge in [0.2, 0.25) is 0 Å². The normalized spacial score (nSPS) is 11.9. The standard InChI is InChI=1S/C28H38N4O6/c1-37-25(33)23(19-21-13-7-5-8-14-21)31-27(35)29-17-11-3-4-12-18-30-28(36)32-24(26(34)38-2)20-22-15-9-6-10-16-22/h5-10,13-16,23-24H,3-4,11-12,17-20H2,1-2H3,(H2,29,31,35)(H2,30,32,36)/t23-,24-/m0/s1. The predicted molar refractivity (Wildman–Crippen MR) is 143 cm³/mol. The molecule has 0 heterocycles. The average Bonchev–Trinajstić information content (AvgIpc) is 2.94. The fourth-order valence-corrected chi connectivity index (χ4v) is 3.80. The van der Waals surface area contributed by atoms with Crippen LogP contribution in [0.1, 0.15) is 36.8 Å². The summed E-state index contributed by atoms with van der Waals surface area (Å²) < 4.78 is 9.62. The van der Waals surface area contributed by atoms with Gasteiger partial charge in [-0.2, -0.15) is 0 Å². The maximum absolute atomic E-state index is 12.2. The minimum absolute atomic E-state index is 0.341. The third-order valence-electron chi connectivity index (χ3n) is 5.82. The van der Waals surface area contributed by atoms with E-state index in [0.717, 1.165) is 36.8 Å². The Morgan fingerprint density at radius 1 is 0.605 bits per heavy atom. The van der Waals surface area contributed by atoms with E-state index in [0.29, 0.717) is 25.9 Å². The van der Waals surface area contributed by atoms with E-state index in [1.54, 1.807) is 0 Å². The maximum atomic E-state index is 12.2. The van der Waals surface area contributed by atoms with Crippen LogP contribution in [0.15, 0.2) is 60.7 Å². The number of benzene rings is 2. The maximum Gasteiger partial charge on any atom is 0.328 e. The first-order valence-electron chi connectivity index (χ1n) is 12.7. The van der Waals surface area contributed by atoms with E-state index in [2.05, 4.69) is 21.3 Å². The molecule has 4 N–H and O–H groups in total. The molecule has 2 rings (SSSR count). The van der Waals surface area contributed by atoms with Crippen LogP contribution >= 0.6 is 0 Å². The smallest absolute Gasteiger partial charge is 0.328 e. The van der Waals surface area contributed by atoms with Crippen molar-refractivity contribution in [1.82, 2.24) is 21.3 Å². The van der Waals surface area contributed by atoms with Crippen LogP contribution < -0.4 is 21.3 Å². The fraction of sp³-hybridized carbons (Fsp3) is 0.429. The van der Waals surface area contributed by atoms with E-state index in [4.69, 9.17) is 9.47 Å². The van der Waals surface area contributed by atoms with Gasteiger partial charge >= 0.3 is 24.0 Å². The van der Waals surface area contributed by atoms with Gasteiger partial charge in [0, 0.05) is 25.9 Å². The van der Waals surface area contributed by atoms with Gasteiger partial charge in [-0.3, -0.25) is 0 Å². The summed E-state index contributed by atoms with van der Waals surface area (Å²) >= 11 is 0. The zero-order valence-corrected chi connectivity index (χ0v) is 22.0. The van der Waals surface area contributed by atoms with Gasteiger partial charge in [0.25, 0.3) is 0 Å². The van der Waals surface area contributed by atoms with Crippen molar-refractivity contribution < 1.29 is 28.7 Å². The van der Waals surface area contributed by atoms with E-state index in [-0.39, 0.29) is 0 Å². The van der Waals surface area contributed by atoms with Crippen LogP contribution in [-0.4, -0.2) is 63.4 Å². The lowest BCUT2D eigenvalue weighted by molar-refractivity contribution is -0.143. The number of carbonyl (C=O) groups excluding carboxylic acids is 4. The molecule has 0 fully saturated rings. The molecule has 0 aromatic heterocycles. The molecule has 0 radical (unpaired) electrons. The van der Waals surface area contributed by atoms with Gasteiger partial charge in [0.05, 0.1) is 14.2 Å². The lowest BCUT2D eigenvalue weighted by Crippen LogP contribution is -2.47. The molecule has 4 amide bonds. The number of esters is 2. The van der Waals surface area contributed by atoms with Gasteiger partial charge in [-0.25, -0.2) is 19.2 Å². The number of methoxy groups -OCH3 is 2. The highest BCUT2D eigenvalue weighted by atomic mass is 16.5.